The fourth-order valence-electron chi connectivity index (χ4n) is 5.28. The van der Waals surface area contributed by atoms with Crippen LogP contribution in [-0.2, 0) is 38.6 Å². The molecule has 0 aliphatic carbocycles. The molecular formula is C37H44N2O6. The third-order valence-corrected chi connectivity index (χ3v) is 7.84. The molecule has 0 radical (unpaired) electrons. The molecule has 45 heavy (non-hydrogen) atoms. The molecule has 0 saturated heterocycles. The van der Waals surface area contributed by atoms with E-state index in [4.69, 9.17) is 9.47 Å². The predicted octanol–water partition coefficient (Wildman–Crippen LogP) is 4.94. The molecule has 3 aromatic rings. The van der Waals surface area contributed by atoms with Crippen molar-refractivity contribution < 1.29 is 29.0 Å². The van der Waals surface area contributed by atoms with E-state index in [1.54, 1.807) is 6.92 Å². The Kier molecular flexibility index (Phi) is 13.2. The van der Waals surface area contributed by atoms with Crippen LogP contribution in [0, 0.1) is 11.8 Å². The molecule has 1 heterocycles. The van der Waals surface area contributed by atoms with Crippen molar-refractivity contribution in [2.24, 2.45) is 11.8 Å². The highest BCUT2D eigenvalue weighted by atomic mass is 16.5. The molecule has 2 amide bonds. The maximum Gasteiger partial charge on any atom is 0.309 e. The molecule has 4 unspecified atom stereocenters. The maximum atomic E-state index is 13.5. The fourth-order valence-corrected chi connectivity index (χ4v) is 5.28. The second kappa shape index (κ2) is 17.8. The van der Waals surface area contributed by atoms with Gasteiger partial charge in [-0.2, -0.15) is 0 Å². The van der Waals surface area contributed by atoms with Crippen molar-refractivity contribution in [2.45, 2.75) is 64.1 Å². The first-order chi connectivity index (χ1) is 21.9. The van der Waals surface area contributed by atoms with Crippen LogP contribution < -0.4 is 15.4 Å². The van der Waals surface area contributed by atoms with E-state index in [0.717, 1.165) is 22.4 Å². The van der Waals surface area contributed by atoms with Gasteiger partial charge in [-0.3, -0.25) is 14.4 Å². The number of rotatable bonds is 11. The molecule has 0 spiro atoms. The molecule has 3 aromatic carbocycles. The molecule has 0 fully saturated rings. The van der Waals surface area contributed by atoms with Crippen molar-refractivity contribution in [2.75, 3.05) is 13.2 Å². The zero-order valence-corrected chi connectivity index (χ0v) is 25.9. The topological polar surface area (TPSA) is 114 Å². The zero-order valence-electron chi connectivity index (χ0n) is 25.9. The highest BCUT2D eigenvalue weighted by molar-refractivity contribution is 5.86. The van der Waals surface area contributed by atoms with Crippen LogP contribution in [-0.4, -0.2) is 48.2 Å². The van der Waals surface area contributed by atoms with Crippen molar-refractivity contribution in [3.05, 3.63) is 114 Å². The van der Waals surface area contributed by atoms with Gasteiger partial charge in [-0.05, 0) is 67.9 Å². The number of benzene rings is 3. The number of allylic oxidation sites excluding steroid dienone is 2. The lowest BCUT2D eigenvalue weighted by Crippen LogP contribution is -2.45. The van der Waals surface area contributed by atoms with Crippen LogP contribution in [0.1, 0.15) is 49.3 Å². The summed E-state index contributed by atoms with van der Waals surface area (Å²) in [6.07, 6.45) is 6.51. The van der Waals surface area contributed by atoms with Crippen LogP contribution in [0.25, 0.3) is 0 Å². The van der Waals surface area contributed by atoms with E-state index in [0.29, 0.717) is 38.7 Å². The van der Waals surface area contributed by atoms with Gasteiger partial charge < -0.3 is 25.2 Å². The number of hydrogen-bond acceptors (Lipinski definition) is 6. The average Bonchev–Trinajstić information content (AvgIpc) is 3.06. The molecule has 0 bridgehead atoms. The number of esters is 1. The highest BCUT2D eigenvalue weighted by Crippen LogP contribution is 2.20. The van der Waals surface area contributed by atoms with Crippen molar-refractivity contribution in [3.63, 3.8) is 0 Å². The monoisotopic (exact) mass is 612 g/mol. The fraction of sp³-hybridized carbons (Fsp3) is 0.378. The Morgan fingerprint density at radius 3 is 2.27 bits per heavy atom. The number of hydrogen-bond donors (Lipinski definition) is 3. The normalized spacial score (nSPS) is 20.0. The van der Waals surface area contributed by atoms with Crippen LogP contribution in [0.5, 0.6) is 5.75 Å². The standard InChI is InChI=1S/C37H44N2O6/c1-27(24-40)38-35(41)23-31-15-9-4-10-16-32(21-28-11-5-2-6-12-28)37(43)45-26-33(39-36(31)42)22-29-17-19-34(20-18-29)44-25-30-13-7-3-8-14-30/h2-9,11-14,17-20,27,31-33,40H,10,15-16,21-26H2,1H3,(H,38,41)(H,39,42). The minimum Gasteiger partial charge on any atom is -0.489 e. The summed E-state index contributed by atoms with van der Waals surface area (Å²) in [4.78, 5) is 39.5. The first kappa shape index (κ1) is 33.5. The van der Waals surface area contributed by atoms with Crippen molar-refractivity contribution in [1.29, 1.82) is 0 Å². The molecule has 8 nitrogen and oxygen atoms in total. The highest BCUT2D eigenvalue weighted by Gasteiger charge is 2.27. The van der Waals surface area contributed by atoms with E-state index < -0.39 is 18.0 Å². The Morgan fingerprint density at radius 1 is 0.911 bits per heavy atom. The molecule has 4 atom stereocenters. The number of amides is 2. The SMILES string of the molecule is CC(CO)NC(=O)CC1CC=CCCC(Cc2ccccc2)C(=O)OCC(Cc2ccc(OCc3ccccc3)cc2)NC1=O. The van der Waals surface area contributed by atoms with Crippen LogP contribution in [0.4, 0.5) is 0 Å². The number of nitrogens with one attached hydrogen (secondary N) is 2. The summed E-state index contributed by atoms with van der Waals surface area (Å²) in [5.41, 5.74) is 3.08. The largest absolute Gasteiger partial charge is 0.489 e. The van der Waals surface area contributed by atoms with E-state index in [1.807, 2.05) is 97.1 Å². The van der Waals surface area contributed by atoms with Gasteiger partial charge in [-0.1, -0.05) is 84.9 Å². The van der Waals surface area contributed by atoms with Crippen molar-refractivity contribution in [3.8, 4) is 5.75 Å². The molecule has 0 aromatic heterocycles. The van der Waals surface area contributed by atoms with E-state index in [9.17, 15) is 19.5 Å². The predicted molar refractivity (Wildman–Crippen MR) is 173 cm³/mol. The maximum absolute atomic E-state index is 13.5. The zero-order chi connectivity index (χ0) is 31.9. The minimum absolute atomic E-state index is 0.00993. The van der Waals surface area contributed by atoms with Crippen LogP contribution in [0.15, 0.2) is 97.1 Å². The number of carbonyl (C=O) groups excluding carboxylic acids is 3. The van der Waals surface area contributed by atoms with E-state index in [2.05, 4.69) is 10.6 Å². The van der Waals surface area contributed by atoms with Crippen LogP contribution >= 0.6 is 0 Å². The van der Waals surface area contributed by atoms with Crippen LogP contribution in [0.2, 0.25) is 0 Å². The van der Waals surface area contributed by atoms with Gasteiger partial charge in [0.25, 0.3) is 0 Å². The molecule has 8 heteroatoms. The van der Waals surface area contributed by atoms with Crippen LogP contribution in [0.3, 0.4) is 0 Å². The van der Waals surface area contributed by atoms with Crippen molar-refractivity contribution in [1.82, 2.24) is 10.6 Å². The molecule has 1 aliphatic rings. The summed E-state index contributed by atoms with van der Waals surface area (Å²) in [5.74, 6) is -1.07. The van der Waals surface area contributed by atoms with Gasteiger partial charge in [0.1, 0.15) is 19.0 Å². The minimum atomic E-state index is -0.611. The molecule has 1 aliphatic heterocycles. The summed E-state index contributed by atoms with van der Waals surface area (Å²) in [5, 5.41) is 15.1. The number of aliphatic hydroxyl groups excluding tert-OH is 1. The third kappa shape index (κ3) is 11.5. The van der Waals surface area contributed by atoms with E-state index in [1.165, 1.54) is 0 Å². The second-order valence-electron chi connectivity index (χ2n) is 11.7. The van der Waals surface area contributed by atoms with Crippen molar-refractivity contribution >= 4 is 17.8 Å². The van der Waals surface area contributed by atoms with Gasteiger partial charge in [-0.25, -0.2) is 0 Å². The summed E-state index contributed by atoms with van der Waals surface area (Å²) < 4.78 is 11.8. The molecule has 238 valence electrons. The molecular weight excluding hydrogens is 568 g/mol. The van der Waals surface area contributed by atoms with Gasteiger partial charge >= 0.3 is 5.97 Å². The summed E-state index contributed by atoms with van der Waals surface area (Å²) in [7, 11) is 0. The average molecular weight is 613 g/mol. The Morgan fingerprint density at radius 2 is 1.58 bits per heavy atom. The Balaban J connectivity index is 1.48. The second-order valence-corrected chi connectivity index (χ2v) is 11.7. The van der Waals surface area contributed by atoms with Gasteiger partial charge in [0.15, 0.2) is 0 Å². The van der Waals surface area contributed by atoms with Gasteiger partial charge in [-0.15, -0.1) is 0 Å². The number of cyclic esters (lactones) is 1. The Labute approximate surface area is 265 Å². The Hall–Kier alpha value is -4.43. The third-order valence-electron chi connectivity index (χ3n) is 7.84. The van der Waals surface area contributed by atoms with Gasteiger partial charge in [0.2, 0.25) is 11.8 Å². The summed E-state index contributed by atoms with van der Waals surface area (Å²) in [6, 6.07) is 26.6. The lowest BCUT2D eigenvalue weighted by Gasteiger charge is -2.24. The van der Waals surface area contributed by atoms with E-state index in [-0.39, 0.29) is 43.3 Å². The molecule has 4 rings (SSSR count). The van der Waals surface area contributed by atoms with E-state index >= 15 is 0 Å². The number of ether oxygens (including phenoxy) is 2. The quantitative estimate of drug-likeness (QED) is 0.209. The summed E-state index contributed by atoms with van der Waals surface area (Å²) in [6.45, 7) is 1.99. The molecule has 3 N–H and O–H groups in total. The van der Waals surface area contributed by atoms with Gasteiger partial charge in [0, 0.05) is 12.5 Å². The smallest absolute Gasteiger partial charge is 0.309 e. The molecule has 0 saturated carbocycles. The summed E-state index contributed by atoms with van der Waals surface area (Å²) >= 11 is 0. The lowest BCUT2D eigenvalue weighted by atomic mass is 9.94. The Bertz CT molecular complexity index is 1380. The number of carbonyl (C=O) groups is 3. The first-order valence-electron chi connectivity index (χ1n) is 15.7. The number of aliphatic hydroxyl groups is 1. The first-order valence-corrected chi connectivity index (χ1v) is 15.7. The lowest BCUT2D eigenvalue weighted by molar-refractivity contribution is -0.150. The van der Waals surface area contributed by atoms with Gasteiger partial charge in [0.05, 0.1) is 24.5 Å².